The van der Waals surface area contributed by atoms with E-state index in [4.69, 9.17) is 4.74 Å². The van der Waals surface area contributed by atoms with Crippen LogP contribution in [-0.2, 0) is 11.2 Å². The van der Waals surface area contributed by atoms with E-state index < -0.39 is 0 Å². The third-order valence-electron chi connectivity index (χ3n) is 3.85. The number of amides is 1. The third-order valence-corrected chi connectivity index (χ3v) is 3.85. The molecule has 1 fully saturated rings. The first-order valence-corrected chi connectivity index (χ1v) is 7.92. The SMILES string of the molecule is CCCOc1ccc(CCC(=O)N2CCNCC2C)cc1.Cl. The molecule has 0 radical (unpaired) electrons. The molecule has 2 rings (SSSR count). The van der Waals surface area contributed by atoms with Crippen LogP contribution in [0.25, 0.3) is 0 Å². The summed E-state index contributed by atoms with van der Waals surface area (Å²) in [7, 11) is 0. The number of halogens is 1. The number of benzene rings is 1. The van der Waals surface area contributed by atoms with Gasteiger partial charge in [-0.1, -0.05) is 19.1 Å². The Morgan fingerprint density at radius 2 is 2.09 bits per heavy atom. The average molecular weight is 327 g/mol. The fourth-order valence-corrected chi connectivity index (χ4v) is 2.58. The number of piperazine rings is 1. The van der Waals surface area contributed by atoms with E-state index in [1.54, 1.807) is 0 Å². The second-order valence-electron chi connectivity index (χ2n) is 5.63. The summed E-state index contributed by atoms with van der Waals surface area (Å²) in [6.07, 6.45) is 2.39. The first kappa shape index (κ1) is 18.8. The van der Waals surface area contributed by atoms with E-state index in [1.807, 2.05) is 17.0 Å². The fourth-order valence-electron chi connectivity index (χ4n) is 2.58. The number of nitrogens with zero attached hydrogens (tertiary/aromatic N) is 1. The number of hydrogen-bond donors (Lipinski definition) is 1. The van der Waals surface area contributed by atoms with Gasteiger partial charge in [-0.2, -0.15) is 0 Å². The molecule has 124 valence electrons. The Balaban J connectivity index is 0.00000242. The van der Waals surface area contributed by atoms with Gasteiger partial charge in [0.25, 0.3) is 0 Å². The Bertz CT molecular complexity index is 450. The van der Waals surface area contributed by atoms with E-state index in [-0.39, 0.29) is 18.3 Å². The zero-order valence-electron chi connectivity index (χ0n) is 13.5. The molecule has 4 nitrogen and oxygen atoms in total. The van der Waals surface area contributed by atoms with Gasteiger partial charge in [0.05, 0.1) is 6.61 Å². The maximum Gasteiger partial charge on any atom is 0.223 e. The van der Waals surface area contributed by atoms with Crippen LogP contribution in [0.2, 0.25) is 0 Å². The molecule has 1 aromatic rings. The lowest BCUT2D eigenvalue weighted by Gasteiger charge is -2.34. The molecule has 1 amide bonds. The van der Waals surface area contributed by atoms with Gasteiger partial charge >= 0.3 is 0 Å². The molecular weight excluding hydrogens is 300 g/mol. The molecule has 0 spiro atoms. The molecule has 0 bridgehead atoms. The summed E-state index contributed by atoms with van der Waals surface area (Å²) in [6, 6.07) is 8.39. The van der Waals surface area contributed by atoms with Crippen LogP contribution < -0.4 is 10.1 Å². The molecule has 1 atom stereocenters. The highest BCUT2D eigenvalue weighted by Crippen LogP contribution is 2.14. The Morgan fingerprint density at radius 1 is 1.36 bits per heavy atom. The van der Waals surface area contributed by atoms with Crippen LogP contribution in [0.3, 0.4) is 0 Å². The summed E-state index contributed by atoms with van der Waals surface area (Å²) < 4.78 is 5.56. The van der Waals surface area contributed by atoms with Crippen LogP contribution in [0.1, 0.15) is 32.3 Å². The Kier molecular flexibility index (Phi) is 8.28. The molecule has 1 N–H and O–H groups in total. The molecule has 1 unspecified atom stereocenters. The Labute approximate surface area is 139 Å². The molecule has 1 aliphatic heterocycles. The summed E-state index contributed by atoms with van der Waals surface area (Å²) >= 11 is 0. The second kappa shape index (κ2) is 9.70. The van der Waals surface area contributed by atoms with Crippen LogP contribution >= 0.6 is 12.4 Å². The van der Waals surface area contributed by atoms with Gasteiger partial charge < -0.3 is 15.0 Å². The lowest BCUT2D eigenvalue weighted by molar-refractivity contribution is -0.133. The van der Waals surface area contributed by atoms with Crippen LogP contribution in [0.15, 0.2) is 24.3 Å². The van der Waals surface area contributed by atoms with Gasteiger partial charge in [0.15, 0.2) is 0 Å². The van der Waals surface area contributed by atoms with Crippen LogP contribution in [0.4, 0.5) is 0 Å². The van der Waals surface area contributed by atoms with E-state index in [2.05, 4.69) is 31.3 Å². The van der Waals surface area contributed by atoms with Crippen molar-refractivity contribution in [2.24, 2.45) is 0 Å². The average Bonchev–Trinajstić information content (AvgIpc) is 2.52. The fraction of sp³-hybridized carbons (Fsp3) is 0.588. The van der Waals surface area contributed by atoms with Gasteiger partial charge in [0.2, 0.25) is 5.91 Å². The summed E-state index contributed by atoms with van der Waals surface area (Å²) in [5.41, 5.74) is 1.19. The summed E-state index contributed by atoms with van der Waals surface area (Å²) in [5, 5.41) is 3.31. The number of aryl methyl sites for hydroxylation is 1. The van der Waals surface area contributed by atoms with Gasteiger partial charge in [-0.05, 0) is 37.5 Å². The second-order valence-corrected chi connectivity index (χ2v) is 5.63. The highest BCUT2D eigenvalue weighted by molar-refractivity contribution is 5.85. The maximum atomic E-state index is 12.3. The minimum Gasteiger partial charge on any atom is -0.494 e. The summed E-state index contributed by atoms with van der Waals surface area (Å²) in [5.74, 6) is 1.16. The van der Waals surface area contributed by atoms with Crippen LogP contribution in [0.5, 0.6) is 5.75 Å². The Morgan fingerprint density at radius 3 is 2.73 bits per heavy atom. The van der Waals surface area contributed by atoms with E-state index in [0.717, 1.165) is 44.8 Å². The zero-order chi connectivity index (χ0) is 15.1. The quantitative estimate of drug-likeness (QED) is 0.874. The van der Waals surface area contributed by atoms with Gasteiger partial charge in [-0.25, -0.2) is 0 Å². The number of hydrogen-bond acceptors (Lipinski definition) is 3. The minimum absolute atomic E-state index is 0. The molecule has 1 heterocycles. The largest absolute Gasteiger partial charge is 0.494 e. The lowest BCUT2D eigenvalue weighted by atomic mass is 10.1. The van der Waals surface area contributed by atoms with Gasteiger partial charge in [-0.15, -0.1) is 12.4 Å². The molecule has 5 heteroatoms. The van der Waals surface area contributed by atoms with E-state index in [1.165, 1.54) is 5.56 Å². The number of carbonyl (C=O) groups is 1. The van der Waals surface area contributed by atoms with Crippen molar-refractivity contribution < 1.29 is 9.53 Å². The molecular formula is C17H27ClN2O2. The van der Waals surface area contributed by atoms with Gasteiger partial charge in [-0.3, -0.25) is 4.79 Å². The number of ether oxygens (including phenoxy) is 1. The van der Waals surface area contributed by atoms with E-state index >= 15 is 0 Å². The summed E-state index contributed by atoms with van der Waals surface area (Å²) in [6.45, 7) is 7.57. The Hall–Kier alpha value is -1.26. The number of rotatable bonds is 6. The third kappa shape index (κ3) is 5.50. The monoisotopic (exact) mass is 326 g/mol. The van der Waals surface area contributed by atoms with Gasteiger partial charge in [0.1, 0.15) is 5.75 Å². The smallest absolute Gasteiger partial charge is 0.223 e. The molecule has 0 aromatic heterocycles. The molecule has 0 saturated carbocycles. The van der Waals surface area contributed by atoms with Crippen molar-refractivity contribution in [3.63, 3.8) is 0 Å². The molecule has 0 aliphatic carbocycles. The summed E-state index contributed by atoms with van der Waals surface area (Å²) in [4.78, 5) is 14.3. The topological polar surface area (TPSA) is 41.6 Å². The van der Waals surface area contributed by atoms with Crippen LogP contribution in [0, 0.1) is 0 Å². The predicted molar refractivity (Wildman–Crippen MR) is 91.8 cm³/mol. The number of nitrogens with one attached hydrogen (secondary N) is 1. The van der Waals surface area contributed by atoms with Gasteiger partial charge in [0, 0.05) is 32.1 Å². The van der Waals surface area contributed by atoms with Crippen molar-refractivity contribution in [3.05, 3.63) is 29.8 Å². The molecule has 1 aliphatic rings. The zero-order valence-corrected chi connectivity index (χ0v) is 14.3. The molecule has 1 aromatic carbocycles. The van der Waals surface area contributed by atoms with Crippen molar-refractivity contribution in [1.82, 2.24) is 10.2 Å². The minimum atomic E-state index is 0. The maximum absolute atomic E-state index is 12.3. The first-order chi connectivity index (χ1) is 10.2. The van der Waals surface area contributed by atoms with E-state index in [0.29, 0.717) is 12.5 Å². The predicted octanol–water partition coefficient (Wildman–Crippen LogP) is 2.65. The van der Waals surface area contributed by atoms with Crippen molar-refractivity contribution >= 4 is 18.3 Å². The van der Waals surface area contributed by atoms with Crippen molar-refractivity contribution in [2.75, 3.05) is 26.2 Å². The van der Waals surface area contributed by atoms with Crippen molar-refractivity contribution in [2.45, 2.75) is 39.2 Å². The van der Waals surface area contributed by atoms with Crippen molar-refractivity contribution in [3.8, 4) is 5.75 Å². The normalized spacial score (nSPS) is 17.7. The first-order valence-electron chi connectivity index (χ1n) is 7.92. The lowest BCUT2D eigenvalue weighted by Crippen LogP contribution is -2.52. The highest BCUT2D eigenvalue weighted by Gasteiger charge is 2.22. The molecule has 1 saturated heterocycles. The molecule has 22 heavy (non-hydrogen) atoms. The highest BCUT2D eigenvalue weighted by atomic mass is 35.5. The number of carbonyl (C=O) groups excluding carboxylic acids is 1. The van der Waals surface area contributed by atoms with Crippen molar-refractivity contribution in [1.29, 1.82) is 0 Å². The standard InChI is InChI=1S/C17H26N2O2.ClH/c1-3-12-21-16-7-4-15(5-8-16)6-9-17(20)19-11-10-18-13-14(19)2;/h4-5,7-8,14,18H,3,6,9-13H2,1-2H3;1H. The van der Waals surface area contributed by atoms with Crippen LogP contribution in [-0.4, -0.2) is 43.1 Å². The van der Waals surface area contributed by atoms with E-state index in [9.17, 15) is 4.79 Å².